The van der Waals surface area contributed by atoms with Crippen LogP contribution in [0.3, 0.4) is 0 Å². The van der Waals surface area contributed by atoms with Crippen LogP contribution in [-0.2, 0) is 10.8 Å². The Morgan fingerprint density at radius 1 is 0.444 bits per heavy atom. The van der Waals surface area contributed by atoms with E-state index in [0.717, 1.165) is 17.1 Å². The van der Waals surface area contributed by atoms with Gasteiger partial charge in [-0.3, -0.25) is 0 Å². The smallest absolute Gasteiger partial charge is 0.0543 e. The van der Waals surface area contributed by atoms with Crippen molar-refractivity contribution in [3.05, 3.63) is 216 Å². The topological polar surface area (TPSA) is 6.48 Å². The Hall–Kier alpha value is -7.16. The molecule has 2 aliphatic rings. The van der Waals surface area contributed by atoms with E-state index in [2.05, 4.69) is 246 Å². The summed E-state index contributed by atoms with van der Waals surface area (Å²) in [5, 5.41) is 7.70. The zero-order chi connectivity index (χ0) is 43.2. The van der Waals surface area contributed by atoms with Crippen LogP contribution in [0.1, 0.15) is 62.4 Å². The van der Waals surface area contributed by atoms with Gasteiger partial charge in [0, 0.05) is 38.9 Å². The summed E-state index contributed by atoms with van der Waals surface area (Å²) in [5.74, 6) is 0. The van der Waals surface area contributed by atoms with E-state index in [9.17, 15) is 0 Å². The number of hydrogen-bond donors (Lipinski definition) is 0. The summed E-state index contributed by atoms with van der Waals surface area (Å²) < 4.78 is 0. The fourth-order valence-electron chi connectivity index (χ4n) is 10.4. The second-order valence-corrected chi connectivity index (χ2v) is 19.1. The van der Waals surface area contributed by atoms with E-state index in [1.165, 1.54) is 99.5 Å². The molecule has 0 atom stereocenters. The maximum Gasteiger partial charge on any atom is 0.0543 e. The van der Waals surface area contributed by atoms with E-state index in [0.29, 0.717) is 0 Å². The van der Waals surface area contributed by atoms with Gasteiger partial charge in [-0.15, -0.1) is 0 Å². The van der Waals surface area contributed by atoms with Crippen LogP contribution in [0.15, 0.2) is 188 Å². The molecule has 0 unspecified atom stereocenters. The number of aryl methyl sites for hydroxylation is 2. The molecule has 0 aromatic heterocycles. The maximum absolute atomic E-state index is 2.53. The monoisotopic (exact) mass is 812 g/mol. The molecule has 0 saturated heterocycles. The van der Waals surface area contributed by atoms with Gasteiger partial charge in [0.25, 0.3) is 0 Å². The molecule has 0 aliphatic carbocycles. The summed E-state index contributed by atoms with van der Waals surface area (Å²) in [4.78, 5) is 5.05. The standard InChI is InChI=1S/C61H52N2/c1-39-26-28-43(41-18-11-8-12-19-41)35-54(39)63(47-24-15-10-16-25-47)57-38-53-49-31-33-50-56(37-52(60(3,4)5)48-30-32-51(57)59(49)58(48)50)62(46-22-13-9-14-23-46)55-36-44(29-27-40(55)2)42-20-17-21-45(34-42)61(53,6)7/h8-38H,1-7H3. The molecule has 10 aromatic rings. The molecule has 12 rings (SSSR count). The van der Waals surface area contributed by atoms with Gasteiger partial charge < -0.3 is 9.80 Å². The van der Waals surface area contributed by atoms with Gasteiger partial charge in [0.15, 0.2) is 0 Å². The molecule has 10 bridgehead atoms. The molecule has 0 spiro atoms. The Morgan fingerprint density at radius 3 is 1.76 bits per heavy atom. The minimum absolute atomic E-state index is 0.144. The Kier molecular flexibility index (Phi) is 8.89. The van der Waals surface area contributed by atoms with Crippen molar-refractivity contribution in [3.63, 3.8) is 0 Å². The minimum Gasteiger partial charge on any atom is -0.310 e. The summed E-state index contributed by atoms with van der Waals surface area (Å²) in [7, 11) is 0. The molecule has 10 aromatic carbocycles. The van der Waals surface area contributed by atoms with Crippen LogP contribution in [0.2, 0.25) is 0 Å². The quantitative estimate of drug-likeness (QED) is 0.160. The van der Waals surface area contributed by atoms with Crippen LogP contribution in [0, 0.1) is 13.8 Å². The molecule has 63 heavy (non-hydrogen) atoms. The molecule has 306 valence electrons. The molecule has 0 radical (unpaired) electrons. The Bertz CT molecular complexity index is 3360. The molecule has 2 heteroatoms. The van der Waals surface area contributed by atoms with E-state index in [4.69, 9.17) is 0 Å². The molecular weight excluding hydrogens is 761 g/mol. The zero-order valence-electron chi connectivity index (χ0n) is 37.3. The number of benzene rings is 10. The summed E-state index contributed by atoms with van der Waals surface area (Å²) >= 11 is 0. The van der Waals surface area contributed by atoms with Gasteiger partial charge in [-0.2, -0.15) is 0 Å². The highest BCUT2D eigenvalue weighted by molar-refractivity contribution is 6.29. The highest BCUT2D eigenvalue weighted by Crippen LogP contribution is 2.54. The van der Waals surface area contributed by atoms with E-state index < -0.39 is 0 Å². The van der Waals surface area contributed by atoms with Gasteiger partial charge in [0.1, 0.15) is 0 Å². The highest BCUT2D eigenvalue weighted by atomic mass is 15.2. The molecular formula is C61H52N2. The lowest BCUT2D eigenvalue weighted by molar-refractivity contribution is 0.596. The molecule has 0 N–H and O–H groups in total. The van der Waals surface area contributed by atoms with Gasteiger partial charge in [-0.05, 0) is 139 Å². The summed E-state index contributed by atoms with van der Waals surface area (Å²) in [6.45, 7) is 16.5. The predicted molar refractivity (Wildman–Crippen MR) is 271 cm³/mol. The molecule has 0 saturated carbocycles. The van der Waals surface area contributed by atoms with Crippen LogP contribution in [0.25, 0.3) is 54.6 Å². The van der Waals surface area contributed by atoms with Crippen molar-refractivity contribution >= 4 is 66.4 Å². The molecule has 0 amide bonds. The van der Waals surface area contributed by atoms with Crippen molar-refractivity contribution in [1.29, 1.82) is 0 Å². The maximum atomic E-state index is 2.53. The number of anilines is 6. The predicted octanol–water partition coefficient (Wildman–Crippen LogP) is 17.4. The van der Waals surface area contributed by atoms with Gasteiger partial charge in [0.05, 0.1) is 11.4 Å². The normalized spacial score (nSPS) is 13.4. The number of nitrogens with zero attached hydrogens (tertiary/aromatic N) is 2. The Morgan fingerprint density at radius 2 is 1.03 bits per heavy atom. The van der Waals surface area contributed by atoms with Crippen LogP contribution in [0.4, 0.5) is 34.1 Å². The van der Waals surface area contributed by atoms with Crippen LogP contribution in [-0.4, -0.2) is 0 Å². The second-order valence-electron chi connectivity index (χ2n) is 19.1. The first-order valence-electron chi connectivity index (χ1n) is 22.3. The number of hydrogen-bond acceptors (Lipinski definition) is 2. The van der Waals surface area contributed by atoms with E-state index in [1.807, 2.05) is 0 Å². The van der Waals surface area contributed by atoms with Crippen LogP contribution >= 0.6 is 0 Å². The SMILES string of the molecule is Cc1ccc2cc1N(c1ccccc1)c1cc(C(C)(C)C)c3ccc4c(N(c5ccccc5)c5cc(-c6ccccc6)ccc5C)cc(c5ccc1c3c45)C(C)(C)c1cccc-2c1. The Balaban J connectivity index is 1.35. The van der Waals surface area contributed by atoms with Crippen LogP contribution in [0.5, 0.6) is 0 Å². The average Bonchev–Trinajstić information content (AvgIpc) is 3.30. The molecule has 2 nitrogen and oxygen atoms in total. The highest BCUT2D eigenvalue weighted by Gasteiger charge is 2.33. The largest absolute Gasteiger partial charge is 0.310 e. The third-order valence-corrected chi connectivity index (χ3v) is 13.8. The first kappa shape index (κ1) is 38.7. The third kappa shape index (κ3) is 6.22. The summed E-state index contributed by atoms with van der Waals surface area (Å²) in [6, 6.07) is 70.6. The fourth-order valence-corrected chi connectivity index (χ4v) is 10.4. The van der Waals surface area contributed by atoms with Crippen molar-refractivity contribution in [3.8, 4) is 22.3 Å². The zero-order valence-corrected chi connectivity index (χ0v) is 37.3. The fraction of sp³-hybridized carbons (Fsp3) is 0.148. The van der Waals surface area contributed by atoms with Gasteiger partial charge in [-0.25, -0.2) is 0 Å². The number of fused-ring (bicyclic) bond motifs is 1. The molecule has 2 aliphatic heterocycles. The van der Waals surface area contributed by atoms with E-state index >= 15 is 0 Å². The summed E-state index contributed by atoms with van der Waals surface area (Å²) in [6.07, 6.45) is 0. The second kappa shape index (κ2) is 14.5. The van der Waals surface area contributed by atoms with Gasteiger partial charge in [-0.1, -0.05) is 174 Å². The lowest BCUT2D eigenvalue weighted by atomic mass is 9.73. The van der Waals surface area contributed by atoms with E-state index in [-0.39, 0.29) is 10.8 Å². The first-order valence-corrected chi connectivity index (χ1v) is 22.3. The van der Waals surface area contributed by atoms with Crippen LogP contribution < -0.4 is 9.80 Å². The van der Waals surface area contributed by atoms with Gasteiger partial charge >= 0.3 is 0 Å². The van der Waals surface area contributed by atoms with Crippen molar-refractivity contribution in [2.75, 3.05) is 9.80 Å². The minimum atomic E-state index is -0.375. The molecule has 2 heterocycles. The third-order valence-electron chi connectivity index (χ3n) is 13.8. The number of para-hydroxylation sites is 2. The van der Waals surface area contributed by atoms with E-state index in [1.54, 1.807) is 0 Å². The molecule has 0 fully saturated rings. The first-order chi connectivity index (χ1) is 30.5. The van der Waals surface area contributed by atoms with Crippen molar-refractivity contribution < 1.29 is 0 Å². The van der Waals surface area contributed by atoms with Crippen molar-refractivity contribution in [2.24, 2.45) is 0 Å². The summed E-state index contributed by atoms with van der Waals surface area (Å²) in [5.41, 5.74) is 17.6. The van der Waals surface area contributed by atoms with Crippen molar-refractivity contribution in [2.45, 2.75) is 59.3 Å². The lowest BCUT2D eigenvalue weighted by Crippen LogP contribution is -2.21. The lowest BCUT2D eigenvalue weighted by Gasteiger charge is -2.36. The average molecular weight is 813 g/mol. The Labute approximate surface area is 372 Å². The number of rotatable bonds is 5. The van der Waals surface area contributed by atoms with Crippen molar-refractivity contribution in [1.82, 2.24) is 0 Å². The van der Waals surface area contributed by atoms with Gasteiger partial charge in [0.2, 0.25) is 0 Å².